The first-order chi connectivity index (χ1) is 11.0. The average molecular weight is 355 g/mol. The van der Waals surface area contributed by atoms with Crippen LogP contribution in [0.5, 0.6) is 5.75 Å². The second-order valence-electron chi connectivity index (χ2n) is 5.57. The maximum Gasteiger partial charge on any atom is 0.427 e. The Morgan fingerprint density at radius 2 is 1.79 bits per heavy atom. The maximum absolute atomic E-state index is 12.1. The van der Waals surface area contributed by atoms with Gasteiger partial charge < -0.3 is 25.1 Å². The molecule has 0 fully saturated rings. The van der Waals surface area contributed by atoms with Crippen LogP contribution >= 0.6 is 7.75 Å². The highest BCUT2D eigenvalue weighted by molar-refractivity contribution is 7.49. The highest BCUT2D eigenvalue weighted by Gasteiger charge is 2.47. The highest BCUT2D eigenvalue weighted by atomic mass is 31.2. The Morgan fingerprint density at radius 3 is 2.33 bits per heavy atom. The molecule has 0 bridgehead atoms. The second kappa shape index (κ2) is 6.51. The number of hydrogen-bond acceptors (Lipinski definition) is 5. The summed E-state index contributed by atoms with van der Waals surface area (Å²) >= 11 is 0. The molecule has 0 spiro atoms. The van der Waals surface area contributed by atoms with Crippen molar-refractivity contribution >= 4 is 13.5 Å². The van der Waals surface area contributed by atoms with Crippen molar-refractivity contribution in [2.45, 2.75) is 18.6 Å². The van der Waals surface area contributed by atoms with E-state index in [4.69, 9.17) is 9.79 Å². The number of phenols is 1. The van der Waals surface area contributed by atoms with Gasteiger partial charge in [0.1, 0.15) is 11.7 Å². The maximum atomic E-state index is 12.1. The monoisotopic (exact) mass is 355 g/mol. The minimum Gasteiger partial charge on any atom is -0.508 e. The molecule has 0 aromatic heterocycles. The van der Waals surface area contributed by atoms with E-state index in [0.717, 1.165) is 6.08 Å². The van der Waals surface area contributed by atoms with Gasteiger partial charge in [0.2, 0.25) is 0 Å². The molecule has 6 N–H and O–H groups in total. The molecule has 0 saturated heterocycles. The third-order valence-electron chi connectivity index (χ3n) is 3.86. The summed E-state index contributed by atoms with van der Waals surface area (Å²) in [5, 5.41) is 32.3. The van der Waals surface area contributed by atoms with Gasteiger partial charge in [-0.1, -0.05) is 25.1 Å². The third-order valence-corrected chi connectivity index (χ3v) is 4.41. The number of hydrogen-bond donors (Lipinski definition) is 6. The molecule has 24 heavy (non-hydrogen) atoms. The lowest BCUT2D eigenvalue weighted by Gasteiger charge is -2.37. The molecule has 0 aliphatic heterocycles. The van der Waals surface area contributed by atoms with Crippen molar-refractivity contribution in [3.05, 3.63) is 53.8 Å². The van der Waals surface area contributed by atoms with Crippen molar-refractivity contribution in [1.29, 1.82) is 0 Å². The van der Waals surface area contributed by atoms with Crippen LogP contribution < -0.4 is 5.09 Å². The minimum absolute atomic E-state index is 0.00661. The number of phenolic OH excluding ortho intramolecular Hbond substituents is 1. The number of benzene rings is 1. The van der Waals surface area contributed by atoms with E-state index in [1.807, 2.05) is 5.09 Å². The standard InChI is InChI=1S/C15H18NO7P/c1-9(10-5-7-11(17)8-6-10)15(19,20)14-12(16-24(21,22)23)3-2-4-13(14)18/h2-9,14,17,19-20H,1H3,(H3,16,21,22,23). The summed E-state index contributed by atoms with van der Waals surface area (Å²) < 4.78 is 11.2. The first-order valence-corrected chi connectivity index (χ1v) is 8.63. The second-order valence-corrected chi connectivity index (χ2v) is 6.88. The zero-order valence-electron chi connectivity index (χ0n) is 12.7. The Kier molecular flexibility index (Phi) is 4.98. The molecule has 9 heteroatoms. The molecule has 0 amide bonds. The lowest BCUT2D eigenvalue weighted by Crippen LogP contribution is -2.49. The molecule has 8 nitrogen and oxygen atoms in total. The van der Waals surface area contributed by atoms with Gasteiger partial charge in [0, 0.05) is 11.6 Å². The number of ketones is 1. The van der Waals surface area contributed by atoms with E-state index in [-0.39, 0.29) is 11.4 Å². The Bertz CT molecular complexity index is 733. The molecule has 2 atom stereocenters. The van der Waals surface area contributed by atoms with Crippen LogP contribution in [0, 0.1) is 5.92 Å². The highest BCUT2D eigenvalue weighted by Crippen LogP contribution is 2.41. The van der Waals surface area contributed by atoms with Crippen LogP contribution in [0.3, 0.4) is 0 Å². The van der Waals surface area contributed by atoms with Crippen molar-refractivity contribution in [2.24, 2.45) is 5.92 Å². The van der Waals surface area contributed by atoms with Crippen LogP contribution in [0.1, 0.15) is 18.4 Å². The number of aliphatic hydroxyl groups is 2. The molecule has 130 valence electrons. The lowest BCUT2D eigenvalue weighted by atomic mass is 9.78. The quantitative estimate of drug-likeness (QED) is 0.330. The first-order valence-electron chi connectivity index (χ1n) is 7.02. The van der Waals surface area contributed by atoms with Crippen LogP contribution in [0.15, 0.2) is 48.2 Å². The van der Waals surface area contributed by atoms with Crippen molar-refractivity contribution in [1.82, 2.24) is 5.09 Å². The number of allylic oxidation sites excluding steroid dienone is 3. The summed E-state index contributed by atoms with van der Waals surface area (Å²) in [4.78, 5) is 30.3. The molecule has 1 aromatic carbocycles. The van der Waals surface area contributed by atoms with Crippen LogP contribution in [0.2, 0.25) is 0 Å². The number of rotatable bonds is 5. The Morgan fingerprint density at radius 1 is 1.21 bits per heavy atom. The Balaban J connectivity index is 2.39. The molecule has 2 rings (SSSR count). The Hall–Kier alpha value is -1.96. The molecule has 0 radical (unpaired) electrons. The average Bonchev–Trinajstić information content (AvgIpc) is 2.45. The number of nitrogens with one attached hydrogen (secondary N) is 1. The fourth-order valence-electron chi connectivity index (χ4n) is 2.56. The minimum atomic E-state index is -4.74. The summed E-state index contributed by atoms with van der Waals surface area (Å²) in [6, 6.07) is 5.64. The fraction of sp³-hybridized carbons (Fsp3) is 0.267. The van der Waals surface area contributed by atoms with E-state index >= 15 is 0 Å². The summed E-state index contributed by atoms with van der Waals surface area (Å²) in [6.07, 6.45) is 3.56. The van der Waals surface area contributed by atoms with E-state index in [1.165, 1.54) is 43.3 Å². The van der Waals surface area contributed by atoms with Gasteiger partial charge in [-0.3, -0.25) is 9.88 Å². The van der Waals surface area contributed by atoms with Gasteiger partial charge >= 0.3 is 7.75 Å². The van der Waals surface area contributed by atoms with Crippen molar-refractivity contribution in [2.75, 3.05) is 0 Å². The number of carbonyl (C=O) groups excluding carboxylic acids is 1. The molecule has 0 saturated carbocycles. The predicted octanol–water partition coefficient (Wildman–Crippen LogP) is 0.498. The predicted molar refractivity (Wildman–Crippen MR) is 84.6 cm³/mol. The van der Waals surface area contributed by atoms with Crippen molar-refractivity contribution in [3.8, 4) is 5.75 Å². The third kappa shape index (κ3) is 3.92. The van der Waals surface area contributed by atoms with E-state index in [9.17, 15) is 24.7 Å². The van der Waals surface area contributed by atoms with E-state index in [2.05, 4.69) is 0 Å². The van der Waals surface area contributed by atoms with Crippen LogP contribution in [0.4, 0.5) is 0 Å². The van der Waals surface area contributed by atoms with Crippen LogP contribution in [-0.2, 0) is 9.36 Å². The largest absolute Gasteiger partial charge is 0.508 e. The molecular weight excluding hydrogens is 337 g/mol. The van der Waals surface area contributed by atoms with Gasteiger partial charge in [0.15, 0.2) is 11.6 Å². The summed E-state index contributed by atoms with van der Waals surface area (Å²) in [5.41, 5.74) is 0.141. The van der Waals surface area contributed by atoms with E-state index < -0.39 is 31.2 Å². The smallest absolute Gasteiger partial charge is 0.427 e. The van der Waals surface area contributed by atoms with Crippen molar-refractivity contribution < 1.29 is 34.5 Å². The summed E-state index contributed by atoms with van der Waals surface area (Å²) in [7, 11) is -4.74. The van der Waals surface area contributed by atoms with Crippen LogP contribution in [0.25, 0.3) is 0 Å². The number of aromatic hydroxyl groups is 1. The molecule has 2 unspecified atom stereocenters. The zero-order chi connectivity index (χ0) is 18.1. The van der Waals surface area contributed by atoms with E-state index in [1.54, 1.807) is 0 Å². The summed E-state index contributed by atoms with van der Waals surface area (Å²) in [5.74, 6) is -5.91. The van der Waals surface area contributed by atoms with Gasteiger partial charge in [-0.25, -0.2) is 4.57 Å². The lowest BCUT2D eigenvalue weighted by molar-refractivity contribution is -0.204. The topological polar surface area (TPSA) is 147 Å². The molecular formula is C15H18NO7P. The molecule has 0 heterocycles. The van der Waals surface area contributed by atoms with E-state index in [0.29, 0.717) is 5.56 Å². The van der Waals surface area contributed by atoms with Gasteiger partial charge in [-0.05, 0) is 29.8 Å². The van der Waals surface area contributed by atoms with Gasteiger partial charge in [0.25, 0.3) is 0 Å². The number of carbonyl (C=O) groups is 1. The molecule has 1 aromatic rings. The summed E-state index contributed by atoms with van der Waals surface area (Å²) in [6.45, 7) is 1.45. The Labute approximate surface area is 138 Å². The first kappa shape index (κ1) is 18.4. The van der Waals surface area contributed by atoms with Gasteiger partial charge in [-0.2, -0.15) is 0 Å². The fourth-order valence-corrected chi connectivity index (χ4v) is 3.10. The normalized spacial score (nSPS) is 19.8. The molecule has 1 aliphatic rings. The van der Waals surface area contributed by atoms with Crippen LogP contribution in [-0.4, -0.2) is 36.7 Å². The van der Waals surface area contributed by atoms with Crippen molar-refractivity contribution in [3.63, 3.8) is 0 Å². The zero-order valence-corrected chi connectivity index (χ0v) is 13.6. The SMILES string of the molecule is CC(c1ccc(O)cc1)C(O)(O)C1C(=O)C=CC=C1NP(=O)(O)O. The molecule has 1 aliphatic carbocycles. The van der Waals surface area contributed by atoms with Gasteiger partial charge in [-0.15, -0.1) is 0 Å². The van der Waals surface area contributed by atoms with Gasteiger partial charge in [0.05, 0.1) is 0 Å².